The Hall–Kier alpha value is -1.29. The second-order valence-electron chi connectivity index (χ2n) is 4.69. The molecule has 1 aliphatic heterocycles. The van der Waals surface area contributed by atoms with Gasteiger partial charge >= 0.3 is 5.97 Å². The number of rotatable bonds is 6. The summed E-state index contributed by atoms with van der Waals surface area (Å²) < 4.78 is 5.34. The normalized spacial score (nSPS) is 22.2. The third-order valence-corrected chi connectivity index (χ3v) is 3.99. The van der Waals surface area contributed by atoms with Crippen LogP contribution in [0.5, 0.6) is 0 Å². The highest BCUT2D eigenvalue weighted by Crippen LogP contribution is 2.29. The van der Waals surface area contributed by atoms with Gasteiger partial charge in [-0.3, -0.25) is 0 Å². The topological polar surface area (TPSA) is 38.7 Å². The first-order valence-corrected chi connectivity index (χ1v) is 7.93. The van der Waals surface area contributed by atoms with Crippen molar-refractivity contribution in [3.63, 3.8) is 0 Å². The molecule has 1 aliphatic rings. The number of hydrogen-bond donors (Lipinski definition) is 0. The van der Waals surface area contributed by atoms with E-state index in [-0.39, 0.29) is 5.97 Å². The summed E-state index contributed by atoms with van der Waals surface area (Å²) in [7, 11) is 0. The Balaban J connectivity index is 2.17. The van der Waals surface area contributed by atoms with E-state index in [4.69, 9.17) is 4.74 Å². The number of nitrogens with zero attached hydrogens (tertiary/aromatic N) is 1. The number of cyclic esters (lactones) is 1. The summed E-state index contributed by atoms with van der Waals surface area (Å²) in [5, 5.41) is 0. The number of thioether (sulfide) groups is 1. The van der Waals surface area contributed by atoms with Crippen LogP contribution in [0.15, 0.2) is 35.3 Å². The zero-order valence-electron chi connectivity index (χ0n) is 11.4. The van der Waals surface area contributed by atoms with Gasteiger partial charge in [0.1, 0.15) is 0 Å². The third kappa shape index (κ3) is 3.18. The molecule has 0 aromatic heterocycles. The standard InChI is InChI=1S/C15H19NO2S/c1-3-15(11-12-7-5-4-6-8-12)14(17)18-13(16-15)9-10-19-2/h4-8H,3,9-11H2,1-2H3. The molecule has 0 radical (unpaired) electrons. The second kappa shape index (κ2) is 6.24. The fourth-order valence-corrected chi connectivity index (χ4v) is 2.58. The molecule has 1 unspecified atom stereocenters. The van der Waals surface area contributed by atoms with Crippen molar-refractivity contribution < 1.29 is 9.53 Å². The van der Waals surface area contributed by atoms with E-state index in [2.05, 4.69) is 4.99 Å². The smallest absolute Gasteiger partial charge is 0.340 e. The van der Waals surface area contributed by atoms with Gasteiger partial charge in [0.15, 0.2) is 11.4 Å². The first-order chi connectivity index (χ1) is 9.20. The maximum absolute atomic E-state index is 12.2. The van der Waals surface area contributed by atoms with Crippen molar-refractivity contribution in [1.29, 1.82) is 0 Å². The minimum Gasteiger partial charge on any atom is -0.410 e. The monoisotopic (exact) mass is 277 g/mol. The molecule has 0 saturated carbocycles. The Morgan fingerprint density at radius 1 is 1.32 bits per heavy atom. The minimum atomic E-state index is -0.713. The van der Waals surface area contributed by atoms with Gasteiger partial charge in [0, 0.05) is 18.6 Å². The van der Waals surface area contributed by atoms with Crippen LogP contribution in [0.4, 0.5) is 0 Å². The van der Waals surface area contributed by atoms with E-state index in [1.54, 1.807) is 11.8 Å². The number of ether oxygens (including phenoxy) is 1. The number of carbonyl (C=O) groups is 1. The van der Waals surface area contributed by atoms with Gasteiger partial charge in [-0.15, -0.1) is 0 Å². The molecule has 19 heavy (non-hydrogen) atoms. The molecule has 0 bridgehead atoms. The van der Waals surface area contributed by atoms with E-state index in [0.717, 1.165) is 17.7 Å². The Morgan fingerprint density at radius 2 is 2.05 bits per heavy atom. The lowest BCUT2D eigenvalue weighted by Gasteiger charge is -2.19. The molecule has 0 saturated heterocycles. The molecule has 0 spiro atoms. The number of esters is 1. The van der Waals surface area contributed by atoms with Crippen LogP contribution in [0.2, 0.25) is 0 Å². The molecule has 1 heterocycles. The maximum Gasteiger partial charge on any atom is 0.340 e. The van der Waals surface area contributed by atoms with Crippen molar-refractivity contribution in [2.24, 2.45) is 4.99 Å². The van der Waals surface area contributed by atoms with Gasteiger partial charge in [-0.1, -0.05) is 37.3 Å². The summed E-state index contributed by atoms with van der Waals surface area (Å²) in [6.45, 7) is 1.99. The van der Waals surface area contributed by atoms with Gasteiger partial charge in [-0.2, -0.15) is 11.8 Å². The molecule has 0 aliphatic carbocycles. The quantitative estimate of drug-likeness (QED) is 0.750. The van der Waals surface area contributed by atoms with E-state index in [9.17, 15) is 4.79 Å². The Kier molecular flexibility index (Phi) is 4.64. The van der Waals surface area contributed by atoms with Crippen LogP contribution in [-0.4, -0.2) is 29.4 Å². The summed E-state index contributed by atoms with van der Waals surface area (Å²) >= 11 is 1.73. The fraction of sp³-hybridized carbons (Fsp3) is 0.467. The Labute approximate surface area is 118 Å². The molecule has 3 nitrogen and oxygen atoms in total. The highest BCUT2D eigenvalue weighted by atomic mass is 32.2. The molecule has 0 fully saturated rings. The zero-order chi connectivity index (χ0) is 13.7. The van der Waals surface area contributed by atoms with Gasteiger partial charge in [0.25, 0.3) is 0 Å². The highest BCUT2D eigenvalue weighted by Gasteiger charge is 2.44. The number of hydrogen-bond acceptors (Lipinski definition) is 4. The Morgan fingerprint density at radius 3 is 2.68 bits per heavy atom. The molecule has 102 valence electrons. The highest BCUT2D eigenvalue weighted by molar-refractivity contribution is 7.98. The van der Waals surface area contributed by atoms with Crippen LogP contribution >= 0.6 is 11.8 Å². The van der Waals surface area contributed by atoms with Crippen molar-refractivity contribution in [3.8, 4) is 0 Å². The Bertz CT molecular complexity index is 472. The number of aliphatic imine (C=N–C) groups is 1. The first kappa shape index (κ1) is 14.1. The lowest BCUT2D eigenvalue weighted by Crippen LogP contribution is -2.35. The van der Waals surface area contributed by atoms with Crippen LogP contribution in [0, 0.1) is 0 Å². The predicted molar refractivity (Wildman–Crippen MR) is 79.7 cm³/mol. The number of carbonyl (C=O) groups excluding carboxylic acids is 1. The van der Waals surface area contributed by atoms with Crippen molar-refractivity contribution in [2.75, 3.05) is 12.0 Å². The average Bonchev–Trinajstić information content (AvgIpc) is 2.74. The largest absolute Gasteiger partial charge is 0.410 e. The maximum atomic E-state index is 12.2. The summed E-state index contributed by atoms with van der Waals surface area (Å²) in [5.74, 6) is 1.32. The summed E-state index contributed by atoms with van der Waals surface area (Å²) in [5.41, 5.74) is 0.408. The first-order valence-electron chi connectivity index (χ1n) is 6.54. The van der Waals surface area contributed by atoms with Crippen LogP contribution in [-0.2, 0) is 16.0 Å². The lowest BCUT2D eigenvalue weighted by atomic mass is 9.89. The van der Waals surface area contributed by atoms with E-state index in [0.29, 0.717) is 18.7 Å². The van der Waals surface area contributed by atoms with Gasteiger partial charge in [0.2, 0.25) is 0 Å². The van der Waals surface area contributed by atoms with Gasteiger partial charge in [0.05, 0.1) is 0 Å². The third-order valence-electron chi connectivity index (χ3n) is 3.37. The van der Waals surface area contributed by atoms with Crippen molar-refractivity contribution in [3.05, 3.63) is 35.9 Å². The summed E-state index contributed by atoms with van der Waals surface area (Å²) in [6, 6.07) is 10.00. The van der Waals surface area contributed by atoms with E-state index >= 15 is 0 Å². The molecular weight excluding hydrogens is 258 g/mol. The minimum absolute atomic E-state index is 0.199. The van der Waals surface area contributed by atoms with Gasteiger partial charge in [-0.05, 0) is 18.2 Å². The van der Waals surface area contributed by atoms with Crippen LogP contribution in [0.3, 0.4) is 0 Å². The van der Waals surface area contributed by atoms with Gasteiger partial charge < -0.3 is 4.74 Å². The van der Waals surface area contributed by atoms with Crippen molar-refractivity contribution in [1.82, 2.24) is 0 Å². The molecule has 2 rings (SSSR count). The average molecular weight is 277 g/mol. The molecule has 0 N–H and O–H groups in total. The van der Waals surface area contributed by atoms with Crippen LogP contribution in [0.25, 0.3) is 0 Å². The van der Waals surface area contributed by atoms with E-state index < -0.39 is 5.54 Å². The van der Waals surface area contributed by atoms with Crippen LogP contribution < -0.4 is 0 Å². The SMILES string of the molecule is CCC1(Cc2ccccc2)N=C(CCSC)OC1=O. The second-order valence-corrected chi connectivity index (χ2v) is 5.67. The zero-order valence-corrected chi connectivity index (χ0v) is 12.2. The fourth-order valence-electron chi connectivity index (χ4n) is 2.20. The van der Waals surface area contributed by atoms with E-state index in [1.807, 2.05) is 43.5 Å². The molecule has 0 amide bonds. The summed E-state index contributed by atoms with van der Waals surface area (Å²) in [4.78, 5) is 16.7. The van der Waals surface area contributed by atoms with Gasteiger partial charge in [-0.25, -0.2) is 9.79 Å². The number of benzene rings is 1. The lowest BCUT2D eigenvalue weighted by molar-refractivity contribution is -0.139. The summed E-state index contributed by atoms with van der Waals surface area (Å²) in [6.07, 6.45) is 4.05. The molecular formula is C15H19NO2S. The van der Waals surface area contributed by atoms with E-state index in [1.165, 1.54) is 0 Å². The molecule has 1 atom stereocenters. The van der Waals surface area contributed by atoms with Crippen LogP contribution in [0.1, 0.15) is 25.3 Å². The van der Waals surface area contributed by atoms with Crippen molar-refractivity contribution in [2.45, 2.75) is 31.7 Å². The van der Waals surface area contributed by atoms with Crippen molar-refractivity contribution >= 4 is 23.6 Å². The molecule has 1 aromatic rings. The molecule has 1 aromatic carbocycles. The predicted octanol–water partition coefficient (Wildman–Crippen LogP) is 3.09. The molecule has 4 heteroatoms.